The summed E-state index contributed by atoms with van der Waals surface area (Å²) >= 11 is 1.31. The molecule has 3 aromatic rings. The summed E-state index contributed by atoms with van der Waals surface area (Å²) in [4.78, 5) is 33.1. The number of benzene rings is 2. The predicted octanol–water partition coefficient (Wildman–Crippen LogP) is 3.63. The monoisotopic (exact) mass is 405 g/mol. The van der Waals surface area contributed by atoms with Crippen LogP contribution in [0.1, 0.15) is 33.3 Å². The molecule has 1 fully saturated rings. The summed E-state index contributed by atoms with van der Waals surface area (Å²) in [5, 5.41) is 3.03. The van der Waals surface area contributed by atoms with E-state index in [2.05, 4.69) is 10.3 Å². The zero-order valence-electron chi connectivity index (χ0n) is 15.8. The largest absolute Gasteiger partial charge is 0.497 e. The lowest BCUT2D eigenvalue weighted by Gasteiger charge is -2.34. The van der Waals surface area contributed by atoms with Gasteiger partial charge in [0.15, 0.2) is 0 Å². The Morgan fingerprint density at radius 3 is 2.93 bits per heavy atom. The topological polar surface area (TPSA) is 71.5 Å². The number of carbonyl (C=O) groups excluding carboxylic acids is 2. The quantitative estimate of drug-likeness (QED) is 0.722. The van der Waals surface area contributed by atoms with E-state index in [0.717, 1.165) is 16.8 Å². The number of hydrogen-bond donors (Lipinski definition) is 1. The van der Waals surface area contributed by atoms with Gasteiger partial charge >= 0.3 is 0 Å². The minimum Gasteiger partial charge on any atom is -0.497 e. The van der Waals surface area contributed by atoms with Crippen molar-refractivity contribution < 1.29 is 14.3 Å². The summed E-state index contributed by atoms with van der Waals surface area (Å²) in [5.74, 6) is 0.530. The SMILES string of the molecule is COc1cccc([C@@H]2N(C(=O)c3cncs3)CC[C@]23C(=O)Nc2ccccc23)c1. The molecule has 2 amide bonds. The van der Waals surface area contributed by atoms with Gasteiger partial charge < -0.3 is 15.0 Å². The number of hydrogen-bond acceptors (Lipinski definition) is 5. The first-order valence-electron chi connectivity index (χ1n) is 9.39. The van der Waals surface area contributed by atoms with Crippen molar-refractivity contribution >= 4 is 28.8 Å². The van der Waals surface area contributed by atoms with Gasteiger partial charge in [-0.2, -0.15) is 0 Å². The number of aromatic nitrogens is 1. The minimum atomic E-state index is -0.830. The van der Waals surface area contributed by atoms with Gasteiger partial charge in [0.1, 0.15) is 16.0 Å². The third-order valence-electron chi connectivity index (χ3n) is 5.90. The number of anilines is 1. The molecule has 5 rings (SSSR count). The van der Waals surface area contributed by atoms with Crippen LogP contribution in [-0.4, -0.2) is 35.4 Å². The molecule has 1 N–H and O–H groups in total. The molecule has 2 aliphatic heterocycles. The van der Waals surface area contributed by atoms with Crippen LogP contribution in [0.25, 0.3) is 0 Å². The van der Waals surface area contributed by atoms with Gasteiger partial charge in [-0.05, 0) is 35.7 Å². The van der Waals surface area contributed by atoms with Crippen molar-refractivity contribution in [2.45, 2.75) is 17.9 Å². The number of nitrogens with one attached hydrogen (secondary N) is 1. The van der Waals surface area contributed by atoms with Gasteiger partial charge in [-0.25, -0.2) is 0 Å². The van der Waals surface area contributed by atoms with Crippen LogP contribution in [0.5, 0.6) is 5.75 Å². The Hall–Kier alpha value is -3.19. The summed E-state index contributed by atoms with van der Waals surface area (Å²) in [7, 11) is 1.61. The van der Waals surface area contributed by atoms with Gasteiger partial charge in [0.05, 0.1) is 24.9 Å². The van der Waals surface area contributed by atoms with Crippen LogP contribution in [0.2, 0.25) is 0 Å². The van der Waals surface area contributed by atoms with Crippen LogP contribution in [0, 0.1) is 0 Å². The van der Waals surface area contributed by atoms with Crippen LogP contribution >= 0.6 is 11.3 Å². The highest BCUT2D eigenvalue weighted by Gasteiger charge is 2.59. The average molecular weight is 405 g/mol. The lowest BCUT2D eigenvalue weighted by molar-refractivity contribution is -0.121. The molecular weight excluding hydrogens is 386 g/mol. The van der Waals surface area contributed by atoms with Crippen molar-refractivity contribution in [3.63, 3.8) is 0 Å². The molecule has 2 aliphatic rings. The molecule has 0 radical (unpaired) electrons. The van der Waals surface area contributed by atoms with Gasteiger partial charge in [-0.3, -0.25) is 14.6 Å². The van der Waals surface area contributed by atoms with Crippen LogP contribution < -0.4 is 10.1 Å². The fourth-order valence-corrected chi connectivity index (χ4v) is 5.22. The fourth-order valence-electron chi connectivity index (χ4n) is 4.64. The molecule has 2 atom stereocenters. The molecule has 7 heteroatoms. The van der Waals surface area contributed by atoms with Gasteiger partial charge in [-0.15, -0.1) is 11.3 Å². The van der Waals surface area contributed by atoms with Crippen LogP contribution in [-0.2, 0) is 10.2 Å². The van der Waals surface area contributed by atoms with Crippen molar-refractivity contribution in [1.82, 2.24) is 9.88 Å². The molecule has 1 saturated heterocycles. The molecule has 0 unspecified atom stereocenters. The summed E-state index contributed by atoms with van der Waals surface area (Å²) < 4.78 is 5.42. The minimum absolute atomic E-state index is 0.0638. The maximum Gasteiger partial charge on any atom is 0.266 e. The molecule has 1 spiro atoms. The van der Waals surface area contributed by atoms with Crippen LogP contribution in [0.15, 0.2) is 60.2 Å². The lowest BCUT2D eigenvalue weighted by atomic mass is 9.72. The number of fused-ring (bicyclic) bond motifs is 2. The molecule has 1 aromatic heterocycles. The van der Waals surface area contributed by atoms with Crippen molar-refractivity contribution in [3.05, 3.63) is 76.2 Å². The highest BCUT2D eigenvalue weighted by Crippen LogP contribution is 2.55. The standard InChI is InChI=1S/C22H19N3O3S/c1-28-15-6-4-5-14(11-15)19-22(16-7-2-3-8-17(16)24-21(22)27)9-10-25(19)20(26)18-12-23-13-29-18/h2-8,11-13,19H,9-10H2,1H3,(H,24,27)/t19-,22+/m0/s1. The second-order valence-electron chi connectivity index (χ2n) is 7.26. The normalized spacial score (nSPS) is 22.6. The summed E-state index contributed by atoms with van der Waals surface area (Å²) in [6.45, 7) is 0.486. The number of rotatable bonds is 3. The maximum absolute atomic E-state index is 13.4. The second-order valence-corrected chi connectivity index (χ2v) is 8.15. The van der Waals surface area contributed by atoms with E-state index in [1.165, 1.54) is 11.3 Å². The van der Waals surface area contributed by atoms with E-state index >= 15 is 0 Å². The molecule has 3 heterocycles. The van der Waals surface area contributed by atoms with Gasteiger partial charge in [0.25, 0.3) is 5.91 Å². The third-order valence-corrected chi connectivity index (χ3v) is 6.66. The van der Waals surface area contributed by atoms with Crippen molar-refractivity contribution in [2.75, 3.05) is 19.0 Å². The molecule has 146 valence electrons. The number of nitrogens with zero attached hydrogens (tertiary/aromatic N) is 2. The number of para-hydroxylation sites is 1. The zero-order chi connectivity index (χ0) is 20.0. The molecule has 0 saturated carbocycles. The molecule has 0 bridgehead atoms. The van der Waals surface area contributed by atoms with Crippen molar-refractivity contribution in [3.8, 4) is 5.75 Å². The number of methoxy groups -OCH3 is 1. The summed E-state index contributed by atoms with van der Waals surface area (Å²) in [5.41, 5.74) is 3.46. The highest BCUT2D eigenvalue weighted by molar-refractivity contribution is 7.11. The number of amides is 2. The van der Waals surface area contributed by atoms with Gasteiger partial charge in [0, 0.05) is 12.2 Å². The van der Waals surface area contributed by atoms with E-state index in [1.54, 1.807) is 18.8 Å². The zero-order valence-corrected chi connectivity index (χ0v) is 16.6. The molecule has 6 nitrogen and oxygen atoms in total. The van der Waals surface area contributed by atoms with E-state index in [0.29, 0.717) is 23.6 Å². The highest BCUT2D eigenvalue weighted by atomic mass is 32.1. The van der Waals surface area contributed by atoms with E-state index < -0.39 is 11.5 Å². The average Bonchev–Trinajstić information content (AvgIpc) is 3.48. The number of carbonyl (C=O) groups is 2. The Morgan fingerprint density at radius 2 is 2.14 bits per heavy atom. The Labute approximate surface area is 172 Å². The first-order chi connectivity index (χ1) is 14.1. The fraction of sp³-hybridized carbons (Fsp3) is 0.227. The smallest absolute Gasteiger partial charge is 0.266 e. The van der Waals surface area contributed by atoms with E-state index in [9.17, 15) is 9.59 Å². The third kappa shape index (κ3) is 2.57. The second kappa shape index (κ2) is 6.70. The van der Waals surface area contributed by atoms with E-state index in [4.69, 9.17) is 4.74 Å². The summed E-state index contributed by atoms with van der Waals surface area (Å²) in [6.07, 6.45) is 2.14. The molecule has 2 aromatic carbocycles. The Balaban J connectivity index is 1.69. The van der Waals surface area contributed by atoms with Gasteiger partial charge in [0.2, 0.25) is 5.91 Å². The number of ether oxygens (including phenoxy) is 1. The Morgan fingerprint density at radius 1 is 1.28 bits per heavy atom. The van der Waals surface area contributed by atoms with Crippen LogP contribution in [0.3, 0.4) is 0 Å². The predicted molar refractivity (Wildman–Crippen MR) is 110 cm³/mol. The molecule has 0 aliphatic carbocycles. The number of thiazole rings is 1. The molecule has 29 heavy (non-hydrogen) atoms. The lowest BCUT2D eigenvalue weighted by Crippen LogP contribution is -2.42. The summed E-state index contributed by atoms with van der Waals surface area (Å²) in [6, 6.07) is 15.0. The Kier molecular flexibility index (Phi) is 4.13. The van der Waals surface area contributed by atoms with Gasteiger partial charge in [-0.1, -0.05) is 30.3 Å². The maximum atomic E-state index is 13.4. The van der Waals surface area contributed by atoms with Crippen molar-refractivity contribution in [1.29, 1.82) is 0 Å². The first-order valence-corrected chi connectivity index (χ1v) is 10.3. The van der Waals surface area contributed by atoms with E-state index in [-0.39, 0.29) is 11.8 Å². The Bertz CT molecular complexity index is 1100. The number of likely N-dealkylation sites (tertiary alicyclic amines) is 1. The first kappa shape index (κ1) is 17.9. The van der Waals surface area contributed by atoms with Crippen molar-refractivity contribution in [2.24, 2.45) is 0 Å². The molecular formula is C22H19N3O3S. The van der Waals surface area contributed by atoms with E-state index in [1.807, 2.05) is 53.4 Å². The van der Waals surface area contributed by atoms with Crippen LogP contribution in [0.4, 0.5) is 5.69 Å².